The van der Waals surface area contributed by atoms with Gasteiger partial charge >= 0.3 is 5.97 Å². The Morgan fingerprint density at radius 3 is 2.55 bits per heavy atom. The van der Waals surface area contributed by atoms with E-state index < -0.39 is 5.97 Å². The highest BCUT2D eigenvalue weighted by Gasteiger charge is 2.13. The summed E-state index contributed by atoms with van der Waals surface area (Å²) in [4.78, 5) is 13.1. The number of aryl methyl sites for hydroxylation is 1. The van der Waals surface area contributed by atoms with Crippen molar-refractivity contribution >= 4 is 33.3 Å². The van der Waals surface area contributed by atoms with Crippen molar-refractivity contribution in [3.8, 4) is 0 Å². The van der Waals surface area contributed by atoms with E-state index >= 15 is 0 Å². The SMILES string of the molecule is CCN(c1cccc(C)c1)c1ccc(C(=O)O)cc1Br. The van der Waals surface area contributed by atoms with Gasteiger partial charge in [0.1, 0.15) is 0 Å². The zero-order valence-electron chi connectivity index (χ0n) is 11.4. The average Bonchev–Trinajstić information content (AvgIpc) is 2.41. The van der Waals surface area contributed by atoms with Crippen molar-refractivity contribution in [2.24, 2.45) is 0 Å². The molecule has 0 saturated heterocycles. The molecule has 0 atom stereocenters. The number of rotatable bonds is 4. The zero-order chi connectivity index (χ0) is 14.7. The number of carbonyl (C=O) groups is 1. The normalized spacial score (nSPS) is 10.3. The third kappa shape index (κ3) is 3.02. The number of aromatic carboxylic acids is 1. The van der Waals surface area contributed by atoms with Gasteiger partial charge in [0.2, 0.25) is 0 Å². The number of benzene rings is 2. The van der Waals surface area contributed by atoms with Crippen molar-refractivity contribution in [1.82, 2.24) is 0 Å². The van der Waals surface area contributed by atoms with E-state index in [1.54, 1.807) is 12.1 Å². The Bertz CT molecular complexity index is 640. The minimum Gasteiger partial charge on any atom is -0.478 e. The Hall–Kier alpha value is -1.81. The standard InChI is InChI=1S/C16H16BrNO2/c1-3-18(13-6-4-5-11(2)9-13)15-8-7-12(16(19)20)10-14(15)17/h4-10H,3H2,1-2H3,(H,19,20). The molecule has 0 heterocycles. The summed E-state index contributed by atoms with van der Waals surface area (Å²) >= 11 is 3.47. The lowest BCUT2D eigenvalue weighted by Gasteiger charge is -2.25. The van der Waals surface area contributed by atoms with Gasteiger partial charge in [0.05, 0.1) is 11.3 Å². The molecule has 0 saturated carbocycles. The molecule has 0 unspecified atom stereocenters. The summed E-state index contributed by atoms with van der Waals surface area (Å²) in [6, 6.07) is 13.3. The van der Waals surface area contributed by atoms with Crippen LogP contribution in [0.5, 0.6) is 0 Å². The largest absolute Gasteiger partial charge is 0.478 e. The maximum Gasteiger partial charge on any atom is 0.335 e. The van der Waals surface area contributed by atoms with Crippen LogP contribution in [0.15, 0.2) is 46.9 Å². The van der Waals surface area contributed by atoms with Gasteiger partial charge in [-0.15, -0.1) is 0 Å². The molecule has 0 fully saturated rings. The van der Waals surface area contributed by atoms with Gasteiger partial charge < -0.3 is 10.0 Å². The van der Waals surface area contributed by atoms with Crippen molar-refractivity contribution in [2.75, 3.05) is 11.4 Å². The fourth-order valence-electron chi connectivity index (χ4n) is 2.15. The molecule has 2 rings (SSSR count). The number of anilines is 2. The van der Waals surface area contributed by atoms with Crippen molar-refractivity contribution in [3.05, 3.63) is 58.1 Å². The van der Waals surface area contributed by atoms with Crippen LogP contribution in [-0.4, -0.2) is 17.6 Å². The second kappa shape index (κ2) is 6.09. The quantitative estimate of drug-likeness (QED) is 0.887. The average molecular weight is 334 g/mol. The van der Waals surface area contributed by atoms with E-state index in [1.165, 1.54) is 5.56 Å². The highest BCUT2D eigenvalue weighted by Crippen LogP contribution is 2.33. The van der Waals surface area contributed by atoms with Gasteiger partial charge in [-0.3, -0.25) is 0 Å². The Labute approximate surface area is 127 Å². The van der Waals surface area contributed by atoms with Crippen molar-refractivity contribution in [2.45, 2.75) is 13.8 Å². The molecule has 104 valence electrons. The molecule has 0 amide bonds. The van der Waals surface area contributed by atoms with E-state index in [0.717, 1.165) is 22.4 Å². The Morgan fingerprint density at radius 1 is 1.25 bits per heavy atom. The van der Waals surface area contributed by atoms with Gasteiger partial charge in [-0.25, -0.2) is 4.79 Å². The smallest absolute Gasteiger partial charge is 0.335 e. The van der Waals surface area contributed by atoms with E-state index in [0.29, 0.717) is 0 Å². The first kappa shape index (κ1) is 14.6. The molecular weight excluding hydrogens is 318 g/mol. The third-order valence-electron chi connectivity index (χ3n) is 3.11. The highest BCUT2D eigenvalue weighted by molar-refractivity contribution is 9.10. The highest BCUT2D eigenvalue weighted by atomic mass is 79.9. The lowest BCUT2D eigenvalue weighted by Crippen LogP contribution is -2.16. The summed E-state index contributed by atoms with van der Waals surface area (Å²) in [5, 5.41) is 9.01. The number of hydrogen-bond donors (Lipinski definition) is 1. The maximum absolute atomic E-state index is 11.0. The first-order chi connectivity index (χ1) is 9.52. The molecule has 0 bridgehead atoms. The van der Waals surface area contributed by atoms with Gasteiger partial charge in [-0.1, -0.05) is 12.1 Å². The van der Waals surface area contributed by atoms with Crippen LogP contribution in [0.3, 0.4) is 0 Å². The molecule has 4 heteroatoms. The second-order valence-corrected chi connectivity index (χ2v) is 5.41. The first-order valence-electron chi connectivity index (χ1n) is 6.40. The molecule has 1 N–H and O–H groups in total. The topological polar surface area (TPSA) is 40.5 Å². The lowest BCUT2D eigenvalue weighted by atomic mass is 10.1. The number of carboxylic acids is 1. The zero-order valence-corrected chi connectivity index (χ0v) is 13.0. The van der Waals surface area contributed by atoms with Gasteiger partial charge in [0.25, 0.3) is 0 Å². The number of halogens is 1. The fourth-order valence-corrected chi connectivity index (χ4v) is 2.74. The van der Waals surface area contributed by atoms with E-state index in [1.807, 2.05) is 18.2 Å². The van der Waals surface area contributed by atoms with Gasteiger partial charge in [0.15, 0.2) is 0 Å². The molecule has 0 aliphatic rings. The Balaban J connectivity index is 2.44. The van der Waals surface area contributed by atoms with Crippen molar-refractivity contribution in [1.29, 1.82) is 0 Å². The molecule has 3 nitrogen and oxygen atoms in total. The van der Waals surface area contributed by atoms with Gasteiger partial charge in [0, 0.05) is 16.7 Å². The number of carboxylic acid groups (broad SMARTS) is 1. The monoisotopic (exact) mass is 333 g/mol. The first-order valence-corrected chi connectivity index (χ1v) is 7.19. The molecule has 20 heavy (non-hydrogen) atoms. The van der Waals surface area contributed by atoms with E-state index in [2.05, 4.69) is 46.8 Å². The molecule has 0 radical (unpaired) electrons. The fraction of sp³-hybridized carbons (Fsp3) is 0.188. The molecule has 0 aliphatic heterocycles. The van der Waals surface area contributed by atoms with E-state index in [9.17, 15) is 4.79 Å². The maximum atomic E-state index is 11.0. The minimum atomic E-state index is -0.921. The summed E-state index contributed by atoms with van der Waals surface area (Å²) in [6.45, 7) is 4.92. The van der Waals surface area contributed by atoms with E-state index in [4.69, 9.17) is 5.11 Å². The summed E-state index contributed by atoms with van der Waals surface area (Å²) in [5.41, 5.74) is 3.53. The van der Waals surface area contributed by atoms with Crippen LogP contribution in [0, 0.1) is 6.92 Å². The second-order valence-electron chi connectivity index (χ2n) is 4.55. The van der Waals surface area contributed by atoms with Crippen LogP contribution in [-0.2, 0) is 0 Å². The number of hydrogen-bond acceptors (Lipinski definition) is 2. The molecule has 0 spiro atoms. The lowest BCUT2D eigenvalue weighted by molar-refractivity contribution is 0.0697. The van der Waals surface area contributed by atoms with E-state index in [-0.39, 0.29) is 5.56 Å². The summed E-state index contributed by atoms with van der Waals surface area (Å²) in [5.74, 6) is -0.921. The van der Waals surface area contributed by atoms with Crippen LogP contribution in [0.25, 0.3) is 0 Å². The van der Waals surface area contributed by atoms with Gasteiger partial charge in [-0.2, -0.15) is 0 Å². The molecule has 0 aromatic heterocycles. The van der Waals surface area contributed by atoms with Crippen LogP contribution < -0.4 is 4.90 Å². The molecule has 2 aromatic carbocycles. The number of nitrogens with zero attached hydrogens (tertiary/aromatic N) is 1. The van der Waals surface area contributed by atoms with Gasteiger partial charge in [-0.05, 0) is 65.7 Å². The predicted octanol–water partition coefficient (Wildman–Crippen LogP) is 4.61. The summed E-state index contributed by atoms with van der Waals surface area (Å²) in [7, 11) is 0. The summed E-state index contributed by atoms with van der Waals surface area (Å²) < 4.78 is 0.778. The van der Waals surface area contributed by atoms with Crippen molar-refractivity contribution in [3.63, 3.8) is 0 Å². The van der Waals surface area contributed by atoms with Crippen molar-refractivity contribution < 1.29 is 9.90 Å². The minimum absolute atomic E-state index is 0.279. The van der Waals surface area contributed by atoms with Crippen LogP contribution >= 0.6 is 15.9 Å². The summed E-state index contributed by atoms with van der Waals surface area (Å²) in [6.07, 6.45) is 0. The van der Waals surface area contributed by atoms with Crippen LogP contribution in [0.1, 0.15) is 22.8 Å². The Morgan fingerprint density at radius 2 is 2.00 bits per heavy atom. The molecule has 2 aromatic rings. The predicted molar refractivity (Wildman–Crippen MR) is 85.0 cm³/mol. The molecule has 0 aliphatic carbocycles. The van der Waals surface area contributed by atoms with Crippen LogP contribution in [0.4, 0.5) is 11.4 Å². The van der Waals surface area contributed by atoms with Crippen LogP contribution in [0.2, 0.25) is 0 Å². The molecular formula is C16H16BrNO2. The third-order valence-corrected chi connectivity index (χ3v) is 3.75. The Kier molecular flexibility index (Phi) is 4.45.